The molecule has 6 aliphatic heterocycles. The fourth-order valence-electron chi connectivity index (χ4n) is 17.1. The number of rotatable bonds is 2. The van der Waals surface area contributed by atoms with E-state index >= 15 is 0 Å². The van der Waals surface area contributed by atoms with E-state index in [1.54, 1.807) is 0 Å². The summed E-state index contributed by atoms with van der Waals surface area (Å²) in [7, 11) is 0. The maximum Gasteiger partial charge on any atom is 0.226 e. The Bertz CT molecular complexity index is 2090. The van der Waals surface area contributed by atoms with Crippen molar-refractivity contribution in [2.45, 2.75) is 203 Å². The third-order valence-electron chi connectivity index (χ3n) is 19.7. The summed E-state index contributed by atoms with van der Waals surface area (Å²) < 4.78 is 0. The number of benzene rings is 2. The van der Waals surface area contributed by atoms with Gasteiger partial charge < -0.3 is 19.6 Å². The van der Waals surface area contributed by atoms with Gasteiger partial charge in [-0.2, -0.15) is 0 Å². The number of piperazine rings is 2. The third-order valence-corrected chi connectivity index (χ3v) is 22.8. The largest absolute Gasteiger partial charge is 0.365 e. The third kappa shape index (κ3) is 5.71. The number of nitrogens with zero attached hydrogens (tertiary/aromatic N) is 4. The molecule has 5 aliphatic carbocycles. The molecule has 2 saturated heterocycles. The zero-order valence-electron chi connectivity index (χ0n) is 38.2. The zero-order chi connectivity index (χ0) is 41.1. The van der Waals surface area contributed by atoms with Gasteiger partial charge in [0, 0.05) is 57.7 Å². The van der Waals surface area contributed by atoms with E-state index in [-0.39, 0.29) is 0 Å². The van der Waals surface area contributed by atoms with Crippen molar-refractivity contribution in [3.8, 4) is 0 Å². The lowest BCUT2D eigenvalue weighted by Gasteiger charge is -2.73. The molecule has 324 valence electrons. The molecule has 0 N–H and O–H groups in total. The van der Waals surface area contributed by atoms with E-state index in [1.165, 1.54) is 108 Å². The number of anilines is 2. The normalized spacial score (nSPS) is 42.3. The van der Waals surface area contributed by atoms with Gasteiger partial charge in [0.25, 0.3) is 0 Å². The minimum atomic E-state index is 0.326. The highest BCUT2D eigenvalue weighted by molar-refractivity contribution is 8.06. The van der Waals surface area contributed by atoms with Crippen LogP contribution >= 0.6 is 23.5 Å². The van der Waals surface area contributed by atoms with Crippen molar-refractivity contribution in [1.82, 2.24) is 9.80 Å². The highest BCUT2D eigenvalue weighted by atomic mass is 32.2. The average Bonchev–Trinajstić information content (AvgIpc) is 3.85. The summed E-state index contributed by atoms with van der Waals surface area (Å²) in [5, 5.41) is 3.44. The number of para-hydroxylation sites is 2. The molecule has 13 rings (SSSR count). The van der Waals surface area contributed by atoms with Gasteiger partial charge in [-0.25, -0.2) is 0 Å². The van der Waals surface area contributed by atoms with Crippen molar-refractivity contribution < 1.29 is 0 Å². The second-order valence-corrected chi connectivity index (χ2v) is 26.8. The Kier molecular flexibility index (Phi) is 9.14. The van der Waals surface area contributed by atoms with Crippen LogP contribution in [0.4, 0.5) is 11.4 Å². The summed E-state index contributed by atoms with van der Waals surface area (Å²) in [6.45, 7) is 15.9. The topological polar surface area (TPSA) is 13.0 Å². The van der Waals surface area contributed by atoms with Crippen LogP contribution in [0.5, 0.6) is 0 Å². The molecule has 0 amide bonds. The van der Waals surface area contributed by atoms with E-state index < -0.39 is 0 Å². The second kappa shape index (κ2) is 14.2. The molecule has 2 aromatic carbocycles. The fraction of sp³-hybridized carbons (Fsp3) is 0.704. The molecule has 7 fully saturated rings. The summed E-state index contributed by atoms with van der Waals surface area (Å²) in [5.41, 5.74) is 7.62. The van der Waals surface area contributed by atoms with Gasteiger partial charge in [0.1, 0.15) is 0 Å². The molecule has 4 nitrogen and oxygen atoms in total. The molecule has 6 heterocycles. The Hall–Kier alpha value is -2.12. The first-order valence-corrected chi connectivity index (χ1v) is 27.4. The van der Waals surface area contributed by atoms with Crippen LogP contribution < -0.4 is 9.80 Å². The summed E-state index contributed by atoms with van der Waals surface area (Å²) in [5.74, 6) is 3.68. The van der Waals surface area contributed by atoms with E-state index in [2.05, 4.69) is 145 Å². The van der Waals surface area contributed by atoms with Gasteiger partial charge in [-0.3, -0.25) is 0 Å². The summed E-state index contributed by atoms with van der Waals surface area (Å²) in [6.07, 6.45) is 20.9. The quantitative estimate of drug-likeness (QED) is 0.277. The predicted molar refractivity (Wildman–Crippen MR) is 260 cm³/mol. The molecule has 11 aliphatic rings. The Morgan fingerprint density at radius 1 is 0.492 bits per heavy atom. The molecular weight excluding hydrogens is 780 g/mol. The average molecular weight is 853 g/mol. The van der Waals surface area contributed by atoms with Gasteiger partial charge in [-0.05, 0) is 134 Å². The lowest BCUT2D eigenvalue weighted by molar-refractivity contribution is -0.0455. The van der Waals surface area contributed by atoms with Crippen molar-refractivity contribution in [2.75, 3.05) is 9.80 Å². The highest BCUT2D eigenvalue weighted by Gasteiger charge is 2.72. The predicted octanol–water partition coefficient (Wildman–Crippen LogP) is 12.7. The van der Waals surface area contributed by atoms with Gasteiger partial charge in [0.05, 0.1) is 29.2 Å². The first-order chi connectivity index (χ1) is 29.6. The van der Waals surface area contributed by atoms with E-state index in [9.17, 15) is 0 Å². The number of hydrogen-bond acceptors (Lipinski definition) is 6. The van der Waals surface area contributed by atoms with Crippen molar-refractivity contribution in [3.05, 3.63) is 81.7 Å². The van der Waals surface area contributed by atoms with E-state index in [4.69, 9.17) is 0 Å². The number of fused-ring (bicyclic) bond motifs is 12. The molecule has 0 spiro atoms. The van der Waals surface area contributed by atoms with E-state index in [1.807, 2.05) is 21.0 Å². The molecule has 61 heavy (non-hydrogen) atoms. The Morgan fingerprint density at radius 3 is 1.57 bits per heavy atom. The molecule has 15 unspecified atom stereocenters. The SMILES string of the molecule is CC(C)(C)C1CCC2C(C1)N(c1ccccc1)C1CC3C4C5B(C6=C(C7CCCCC7S6)N4C4CCC(C(C)(C)C)CC4N3c3ccccc3)C3=C(SC4CCCCC34)N2C51. The molecule has 2 aromatic rings. The summed E-state index contributed by atoms with van der Waals surface area (Å²) >= 11 is 4.91. The first-order valence-electron chi connectivity index (χ1n) is 25.6. The molecule has 0 bridgehead atoms. The number of allylic oxidation sites excluding steroid dienone is 2. The lowest BCUT2D eigenvalue weighted by Crippen LogP contribution is -2.83. The second-order valence-electron chi connectivity index (χ2n) is 24.3. The van der Waals surface area contributed by atoms with Crippen LogP contribution in [0.25, 0.3) is 0 Å². The standard InChI is InChI=1S/C54H73BN4S2/c1-53(2,3)32-25-27-38-40(29-32)56(34-17-9-7-10-18-34)42-31-43-50-47-49(42)58(38)48-37-22-14-16-24-45(37)60-51(48)55(47)46-36-21-13-15-23-44(36)61-52(46)59(50)39-28-26-33(54(4,5)6)30-41(39)57(43)35-19-11-8-12-20-35/h7-12,17-20,32-33,36-45,47,49-50H,13-16,21-31H2,1-6H3. The van der Waals surface area contributed by atoms with Crippen LogP contribution in [0, 0.1) is 34.5 Å². The van der Waals surface area contributed by atoms with Crippen molar-refractivity contribution in [1.29, 1.82) is 0 Å². The van der Waals surface area contributed by atoms with Crippen molar-refractivity contribution in [2.24, 2.45) is 34.5 Å². The van der Waals surface area contributed by atoms with E-state index in [0.717, 1.165) is 34.2 Å². The van der Waals surface area contributed by atoms with Crippen LogP contribution in [0.3, 0.4) is 0 Å². The van der Waals surface area contributed by atoms with Crippen LogP contribution in [-0.4, -0.2) is 75.3 Å². The Balaban J connectivity index is 1.07. The van der Waals surface area contributed by atoms with E-state index in [0.29, 0.717) is 71.7 Å². The van der Waals surface area contributed by atoms with Crippen molar-refractivity contribution >= 4 is 41.6 Å². The Labute approximate surface area is 377 Å². The molecule has 7 heteroatoms. The summed E-state index contributed by atoms with van der Waals surface area (Å²) in [4.78, 5) is 15.0. The van der Waals surface area contributed by atoms with Crippen LogP contribution in [-0.2, 0) is 0 Å². The molecule has 0 radical (unpaired) electrons. The van der Waals surface area contributed by atoms with Gasteiger partial charge in [0.2, 0.25) is 6.71 Å². The molecule has 15 atom stereocenters. The molecule has 0 aromatic heterocycles. The molecule has 5 saturated carbocycles. The lowest BCUT2D eigenvalue weighted by atomic mass is 9.27. The number of hydrogen-bond donors (Lipinski definition) is 0. The van der Waals surface area contributed by atoms with Crippen LogP contribution in [0.2, 0.25) is 5.82 Å². The van der Waals surface area contributed by atoms with Gasteiger partial charge in [0.15, 0.2) is 0 Å². The maximum absolute atomic E-state index is 3.38. The van der Waals surface area contributed by atoms with Gasteiger partial charge in [-0.1, -0.05) is 109 Å². The number of thioether (sulfide) groups is 2. The van der Waals surface area contributed by atoms with Crippen LogP contribution in [0.15, 0.2) is 81.7 Å². The van der Waals surface area contributed by atoms with Gasteiger partial charge >= 0.3 is 0 Å². The molecular formula is C54H73BN4S2. The fourth-order valence-corrected chi connectivity index (χ4v) is 20.8. The Morgan fingerprint density at radius 2 is 1.00 bits per heavy atom. The minimum absolute atomic E-state index is 0.326. The zero-order valence-corrected chi connectivity index (χ0v) is 39.9. The van der Waals surface area contributed by atoms with Gasteiger partial charge in [-0.15, -0.1) is 23.5 Å². The van der Waals surface area contributed by atoms with Crippen LogP contribution in [0.1, 0.15) is 138 Å². The minimum Gasteiger partial charge on any atom is -0.365 e. The monoisotopic (exact) mass is 853 g/mol. The summed E-state index contributed by atoms with van der Waals surface area (Å²) in [6, 6.07) is 28.6. The maximum atomic E-state index is 3.38. The smallest absolute Gasteiger partial charge is 0.226 e. The highest BCUT2D eigenvalue weighted by Crippen LogP contribution is 2.69. The van der Waals surface area contributed by atoms with Crippen molar-refractivity contribution in [3.63, 3.8) is 0 Å². The first kappa shape index (κ1) is 39.3.